The molecule has 1 amide bonds. The van der Waals surface area contributed by atoms with E-state index in [1.807, 2.05) is 12.1 Å². The first-order chi connectivity index (χ1) is 9.58. The molecule has 2 rings (SSSR count). The topological polar surface area (TPSA) is 64.3 Å². The van der Waals surface area contributed by atoms with Gasteiger partial charge in [-0.25, -0.2) is 5.84 Å². The molecule has 0 radical (unpaired) electrons. The highest BCUT2D eigenvalue weighted by molar-refractivity contribution is 5.93. The molecule has 0 heterocycles. The molecule has 110 valence electrons. The lowest BCUT2D eigenvalue weighted by atomic mass is 9.82. The van der Waals surface area contributed by atoms with Gasteiger partial charge in [-0.2, -0.15) is 0 Å². The van der Waals surface area contributed by atoms with Crippen molar-refractivity contribution in [1.82, 2.24) is 5.43 Å². The lowest BCUT2D eigenvalue weighted by Crippen LogP contribution is -2.29. The average molecular weight is 276 g/mol. The van der Waals surface area contributed by atoms with Crippen molar-refractivity contribution in [3.05, 3.63) is 35.4 Å². The number of amides is 1. The van der Waals surface area contributed by atoms with E-state index in [0.717, 1.165) is 30.2 Å². The Morgan fingerprint density at radius 1 is 1.20 bits per heavy atom. The van der Waals surface area contributed by atoms with E-state index in [9.17, 15) is 4.79 Å². The van der Waals surface area contributed by atoms with Gasteiger partial charge in [-0.15, -0.1) is 0 Å². The third kappa shape index (κ3) is 4.05. The van der Waals surface area contributed by atoms with Gasteiger partial charge in [-0.3, -0.25) is 10.2 Å². The fourth-order valence-electron chi connectivity index (χ4n) is 3.06. The van der Waals surface area contributed by atoms with Crippen LogP contribution < -0.4 is 11.3 Å². The fourth-order valence-corrected chi connectivity index (χ4v) is 3.06. The van der Waals surface area contributed by atoms with E-state index in [-0.39, 0.29) is 5.91 Å². The van der Waals surface area contributed by atoms with Crippen LogP contribution in [-0.4, -0.2) is 12.0 Å². The number of nitrogens with two attached hydrogens (primary N) is 1. The molecule has 1 saturated carbocycles. The molecule has 4 nitrogen and oxygen atoms in total. The Hall–Kier alpha value is -1.39. The van der Waals surface area contributed by atoms with E-state index >= 15 is 0 Å². The molecule has 2 unspecified atom stereocenters. The van der Waals surface area contributed by atoms with Gasteiger partial charge in [0.2, 0.25) is 0 Å². The number of carbonyl (C=O) groups is 1. The Bertz CT molecular complexity index is 434. The molecule has 20 heavy (non-hydrogen) atoms. The number of carbonyl (C=O) groups excluding carboxylic acids is 1. The molecule has 1 aliphatic rings. The zero-order valence-electron chi connectivity index (χ0n) is 12.3. The molecule has 2 atom stereocenters. The molecule has 0 spiro atoms. The summed E-state index contributed by atoms with van der Waals surface area (Å²) in [4.78, 5) is 11.3. The lowest BCUT2D eigenvalue weighted by Gasteiger charge is -2.31. The maximum absolute atomic E-state index is 11.3. The van der Waals surface area contributed by atoms with Gasteiger partial charge in [-0.1, -0.05) is 26.0 Å². The molecule has 1 aromatic rings. The molecule has 0 aromatic heterocycles. The molecule has 0 saturated heterocycles. The number of hydrazine groups is 1. The third-order valence-corrected chi connectivity index (χ3v) is 3.97. The van der Waals surface area contributed by atoms with Crippen molar-refractivity contribution >= 4 is 5.91 Å². The van der Waals surface area contributed by atoms with Crippen molar-refractivity contribution in [1.29, 1.82) is 0 Å². The van der Waals surface area contributed by atoms with Gasteiger partial charge >= 0.3 is 0 Å². The first kappa shape index (κ1) is 15.0. The molecule has 0 aliphatic heterocycles. The van der Waals surface area contributed by atoms with E-state index in [1.165, 1.54) is 6.42 Å². The van der Waals surface area contributed by atoms with Crippen LogP contribution in [0.2, 0.25) is 0 Å². The first-order valence-electron chi connectivity index (χ1n) is 7.30. The van der Waals surface area contributed by atoms with Crippen LogP contribution in [0.4, 0.5) is 0 Å². The van der Waals surface area contributed by atoms with Gasteiger partial charge in [0, 0.05) is 5.56 Å². The van der Waals surface area contributed by atoms with Crippen LogP contribution in [-0.2, 0) is 11.3 Å². The van der Waals surface area contributed by atoms with Crippen LogP contribution in [0.1, 0.15) is 49.0 Å². The van der Waals surface area contributed by atoms with Crippen molar-refractivity contribution in [2.75, 3.05) is 0 Å². The second-order valence-electron chi connectivity index (χ2n) is 6.02. The number of benzene rings is 1. The van der Waals surface area contributed by atoms with Crippen LogP contribution in [0.5, 0.6) is 0 Å². The number of hydrogen-bond donors (Lipinski definition) is 2. The minimum atomic E-state index is -0.271. The van der Waals surface area contributed by atoms with Crippen molar-refractivity contribution in [3.8, 4) is 0 Å². The quantitative estimate of drug-likeness (QED) is 0.505. The van der Waals surface area contributed by atoms with Crippen LogP contribution in [0.15, 0.2) is 24.3 Å². The van der Waals surface area contributed by atoms with Crippen LogP contribution >= 0.6 is 0 Å². The van der Waals surface area contributed by atoms with Gasteiger partial charge in [-0.05, 0) is 48.8 Å². The smallest absolute Gasteiger partial charge is 0.265 e. The Balaban J connectivity index is 1.86. The van der Waals surface area contributed by atoms with E-state index < -0.39 is 0 Å². The molecule has 1 aliphatic carbocycles. The van der Waals surface area contributed by atoms with E-state index in [4.69, 9.17) is 10.6 Å². The van der Waals surface area contributed by atoms with Gasteiger partial charge in [0.1, 0.15) is 0 Å². The zero-order chi connectivity index (χ0) is 14.5. The van der Waals surface area contributed by atoms with Crippen molar-refractivity contribution in [3.63, 3.8) is 0 Å². The lowest BCUT2D eigenvalue weighted by molar-refractivity contribution is -0.00916. The zero-order valence-corrected chi connectivity index (χ0v) is 12.3. The third-order valence-electron chi connectivity index (χ3n) is 3.97. The second kappa shape index (κ2) is 6.86. The Morgan fingerprint density at radius 3 is 2.35 bits per heavy atom. The van der Waals surface area contributed by atoms with Crippen LogP contribution in [0, 0.1) is 11.8 Å². The summed E-state index contributed by atoms with van der Waals surface area (Å²) in [7, 11) is 0. The standard InChI is InChI=1S/C16H24N2O2/c1-11-7-12(2)9-15(8-11)20-10-13-3-5-14(6-4-13)16(19)18-17/h3-6,11-12,15H,7-10,17H2,1-2H3,(H,18,19). The summed E-state index contributed by atoms with van der Waals surface area (Å²) in [5.74, 6) is 6.33. The summed E-state index contributed by atoms with van der Waals surface area (Å²) in [5, 5.41) is 0. The Labute approximate surface area is 120 Å². The minimum absolute atomic E-state index is 0.271. The molecule has 0 bridgehead atoms. The second-order valence-corrected chi connectivity index (χ2v) is 6.02. The van der Waals surface area contributed by atoms with Gasteiger partial charge in [0.15, 0.2) is 0 Å². The number of rotatable bonds is 4. The monoisotopic (exact) mass is 276 g/mol. The van der Waals surface area contributed by atoms with Gasteiger partial charge in [0.25, 0.3) is 5.91 Å². The highest BCUT2D eigenvalue weighted by Gasteiger charge is 2.24. The summed E-state index contributed by atoms with van der Waals surface area (Å²) in [6, 6.07) is 7.38. The number of nitrogens with one attached hydrogen (secondary N) is 1. The molecule has 1 fully saturated rings. The number of nitrogen functional groups attached to an aromatic ring is 1. The summed E-state index contributed by atoms with van der Waals surface area (Å²) in [6.45, 7) is 5.20. The van der Waals surface area contributed by atoms with Crippen molar-refractivity contribution in [2.24, 2.45) is 17.7 Å². The summed E-state index contributed by atoms with van der Waals surface area (Å²) in [6.07, 6.45) is 3.97. The molecular weight excluding hydrogens is 252 g/mol. The summed E-state index contributed by atoms with van der Waals surface area (Å²) < 4.78 is 6.01. The van der Waals surface area contributed by atoms with Gasteiger partial charge in [0.05, 0.1) is 12.7 Å². The SMILES string of the molecule is CC1CC(C)CC(OCc2ccc(C(=O)NN)cc2)C1. The van der Waals surface area contributed by atoms with Gasteiger partial charge < -0.3 is 4.74 Å². The van der Waals surface area contributed by atoms with Crippen LogP contribution in [0.25, 0.3) is 0 Å². The maximum atomic E-state index is 11.3. The minimum Gasteiger partial charge on any atom is -0.374 e. The molecule has 3 N–H and O–H groups in total. The average Bonchev–Trinajstić information content (AvgIpc) is 2.44. The predicted molar refractivity (Wildman–Crippen MR) is 78.9 cm³/mol. The number of ether oxygens (including phenoxy) is 1. The predicted octanol–water partition coefficient (Wildman–Crippen LogP) is 2.63. The summed E-state index contributed by atoms with van der Waals surface area (Å²) in [5.41, 5.74) is 3.78. The largest absolute Gasteiger partial charge is 0.374 e. The fraction of sp³-hybridized carbons (Fsp3) is 0.562. The van der Waals surface area contributed by atoms with Crippen molar-refractivity contribution < 1.29 is 9.53 Å². The normalized spacial score (nSPS) is 26.2. The highest BCUT2D eigenvalue weighted by atomic mass is 16.5. The summed E-state index contributed by atoms with van der Waals surface area (Å²) >= 11 is 0. The van der Waals surface area contributed by atoms with Crippen molar-refractivity contribution in [2.45, 2.75) is 45.8 Å². The van der Waals surface area contributed by atoms with E-state index in [2.05, 4.69) is 19.3 Å². The maximum Gasteiger partial charge on any atom is 0.265 e. The highest BCUT2D eigenvalue weighted by Crippen LogP contribution is 2.30. The Kier molecular flexibility index (Phi) is 5.15. The molecule has 4 heteroatoms. The Morgan fingerprint density at radius 2 is 1.80 bits per heavy atom. The first-order valence-corrected chi connectivity index (χ1v) is 7.30. The van der Waals surface area contributed by atoms with Crippen LogP contribution in [0.3, 0.4) is 0 Å². The van der Waals surface area contributed by atoms with E-state index in [1.54, 1.807) is 12.1 Å². The molecular formula is C16H24N2O2. The van der Waals surface area contributed by atoms with E-state index in [0.29, 0.717) is 18.3 Å². The molecule has 1 aromatic carbocycles. The number of hydrogen-bond acceptors (Lipinski definition) is 3.